The third-order valence-electron chi connectivity index (χ3n) is 1.80. The van der Waals surface area contributed by atoms with E-state index in [0.717, 1.165) is 0 Å². The second-order valence-electron chi connectivity index (χ2n) is 2.99. The molecule has 0 spiro atoms. The summed E-state index contributed by atoms with van der Waals surface area (Å²) in [5.41, 5.74) is 0. The van der Waals surface area contributed by atoms with E-state index in [0.29, 0.717) is 11.8 Å². The molecule has 1 unspecified atom stereocenters. The van der Waals surface area contributed by atoms with E-state index < -0.39 is 6.10 Å². The van der Waals surface area contributed by atoms with Crippen LogP contribution in [-0.4, -0.2) is 53.7 Å². The van der Waals surface area contributed by atoms with Crippen molar-refractivity contribution < 1.29 is 19.7 Å². The van der Waals surface area contributed by atoms with Crippen LogP contribution in [0.1, 0.15) is 0 Å². The summed E-state index contributed by atoms with van der Waals surface area (Å²) in [6.45, 7) is -0.180. The summed E-state index contributed by atoms with van der Waals surface area (Å²) in [4.78, 5) is 7.98. The Morgan fingerprint density at radius 1 is 1.31 bits per heavy atom. The van der Waals surface area contributed by atoms with Crippen molar-refractivity contribution in [2.75, 3.05) is 32.7 Å². The average Bonchev–Trinajstić information content (AvgIpc) is 2.35. The minimum Gasteiger partial charge on any atom is -0.481 e. The van der Waals surface area contributed by atoms with E-state index >= 15 is 0 Å². The van der Waals surface area contributed by atoms with Crippen LogP contribution in [0.2, 0.25) is 0 Å². The van der Waals surface area contributed by atoms with Gasteiger partial charge in [0.1, 0.15) is 0 Å². The van der Waals surface area contributed by atoms with E-state index in [1.807, 2.05) is 0 Å². The number of aliphatic hydroxyl groups excluding tert-OH is 2. The van der Waals surface area contributed by atoms with Gasteiger partial charge in [-0.25, -0.2) is 0 Å². The Morgan fingerprint density at radius 3 is 2.31 bits per heavy atom. The highest BCUT2D eigenvalue weighted by Gasteiger charge is 2.07. The first-order valence-electron chi connectivity index (χ1n) is 4.69. The van der Waals surface area contributed by atoms with Gasteiger partial charge in [0.2, 0.25) is 17.7 Å². The molecule has 1 atom stereocenters. The molecule has 16 heavy (non-hydrogen) atoms. The Balaban J connectivity index is 2.71. The van der Waals surface area contributed by atoms with Gasteiger partial charge in [0.05, 0.1) is 33.0 Å². The summed E-state index contributed by atoms with van der Waals surface area (Å²) in [6, 6.07) is 1.54. The van der Waals surface area contributed by atoms with Crippen molar-refractivity contribution in [1.82, 2.24) is 9.97 Å². The van der Waals surface area contributed by atoms with Crippen LogP contribution in [0, 0.1) is 0 Å². The van der Waals surface area contributed by atoms with Gasteiger partial charge >= 0.3 is 0 Å². The molecule has 0 aliphatic heterocycles. The fourth-order valence-corrected chi connectivity index (χ4v) is 0.966. The second kappa shape index (κ2) is 6.09. The summed E-state index contributed by atoms with van der Waals surface area (Å²) in [5.74, 6) is 0.976. The summed E-state index contributed by atoms with van der Waals surface area (Å²) in [6.07, 6.45) is -0.860. The van der Waals surface area contributed by atoms with Crippen molar-refractivity contribution in [1.29, 1.82) is 0 Å². The van der Waals surface area contributed by atoms with E-state index in [4.69, 9.17) is 19.7 Å². The molecular formula is C9H15N3O4. The number of nitrogens with zero attached hydrogens (tertiary/aromatic N) is 2. The van der Waals surface area contributed by atoms with Crippen molar-refractivity contribution >= 4 is 5.95 Å². The standard InChI is InChI=1S/C9H15N3O4/c1-15-7-3-8(16-2)12-9(11-7)10-4-6(14)5-13/h3,6,13-14H,4-5H2,1-2H3,(H,10,11,12). The Kier molecular flexibility index (Phi) is 4.74. The van der Waals surface area contributed by atoms with Gasteiger partial charge in [-0.3, -0.25) is 0 Å². The molecule has 1 aromatic heterocycles. The fraction of sp³-hybridized carbons (Fsp3) is 0.556. The molecule has 0 radical (unpaired) electrons. The Labute approximate surface area is 93.1 Å². The van der Waals surface area contributed by atoms with Gasteiger partial charge in [0.25, 0.3) is 0 Å². The summed E-state index contributed by atoms with van der Waals surface area (Å²) < 4.78 is 9.89. The maximum absolute atomic E-state index is 9.14. The minimum absolute atomic E-state index is 0.146. The molecule has 7 nitrogen and oxygen atoms in total. The van der Waals surface area contributed by atoms with Gasteiger partial charge in [0, 0.05) is 6.54 Å². The smallest absolute Gasteiger partial charge is 0.229 e. The van der Waals surface area contributed by atoms with Crippen molar-refractivity contribution in [3.8, 4) is 11.8 Å². The third-order valence-corrected chi connectivity index (χ3v) is 1.80. The van der Waals surface area contributed by atoms with Crippen molar-refractivity contribution in [3.63, 3.8) is 0 Å². The summed E-state index contributed by atoms with van der Waals surface area (Å²) in [5, 5.41) is 20.5. The molecule has 90 valence electrons. The molecule has 0 bridgehead atoms. The number of rotatable bonds is 6. The first-order chi connectivity index (χ1) is 7.69. The molecule has 0 amide bonds. The highest BCUT2D eigenvalue weighted by atomic mass is 16.5. The van der Waals surface area contributed by atoms with Gasteiger partial charge in [-0.15, -0.1) is 0 Å². The molecule has 0 aliphatic carbocycles. The van der Waals surface area contributed by atoms with Crippen molar-refractivity contribution in [3.05, 3.63) is 6.07 Å². The molecule has 0 saturated heterocycles. The van der Waals surface area contributed by atoms with E-state index in [2.05, 4.69) is 15.3 Å². The third kappa shape index (κ3) is 3.52. The zero-order valence-electron chi connectivity index (χ0n) is 9.17. The van der Waals surface area contributed by atoms with Crippen LogP contribution in [0.25, 0.3) is 0 Å². The SMILES string of the molecule is COc1cc(OC)nc(NCC(O)CO)n1. The lowest BCUT2D eigenvalue weighted by Crippen LogP contribution is -2.23. The number of ether oxygens (including phenoxy) is 2. The maximum atomic E-state index is 9.14. The van der Waals surface area contributed by atoms with E-state index in [-0.39, 0.29) is 19.1 Å². The van der Waals surface area contributed by atoms with Crippen LogP contribution in [-0.2, 0) is 0 Å². The quantitative estimate of drug-likeness (QED) is 0.591. The van der Waals surface area contributed by atoms with Gasteiger partial charge in [-0.1, -0.05) is 0 Å². The summed E-state index contributed by atoms with van der Waals surface area (Å²) in [7, 11) is 2.96. The molecule has 7 heteroatoms. The number of aliphatic hydroxyl groups is 2. The van der Waals surface area contributed by atoms with Crippen molar-refractivity contribution in [2.24, 2.45) is 0 Å². The second-order valence-corrected chi connectivity index (χ2v) is 2.99. The predicted molar refractivity (Wildman–Crippen MR) is 56.7 cm³/mol. The van der Waals surface area contributed by atoms with Gasteiger partial charge in [-0.05, 0) is 0 Å². The van der Waals surface area contributed by atoms with Gasteiger partial charge < -0.3 is 25.0 Å². The highest BCUT2D eigenvalue weighted by Crippen LogP contribution is 2.16. The molecular weight excluding hydrogens is 214 g/mol. The molecule has 1 heterocycles. The molecule has 1 aromatic rings. The monoisotopic (exact) mass is 229 g/mol. The number of hydrogen-bond donors (Lipinski definition) is 3. The number of nitrogens with one attached hydrogen (secondary N) is 1. The van der Waals surface area contributed by atoms with E-state index in [1.54, 1.807) is 0 Å². The number of aromatic nitrogens is 2. The van der Waals surface area contributed by atoms with Crippen LogP contribution in [0.5, 0.6) is 11.8 Å². The van der Waals surface area contributed by atoms with Crippen LogP contribution in [0.15, 0.2) is 6.07 Å². The lowest BCUT2D eigenvalue weighted by atomic mass is 10.4. The number of hydrogen-bond acceptors (Lipinski definition) is 7. The topological polar surface area (TPSA) is 96.7 Å². The molecule has 3 N–H and O–H groups in total. The lowest BCUT2D eigenvalue weighted by Gasteiger charge is -2.10. The Morgan fingerprint density at radius 2 is 1.88 bits per heavy atom. The fourth-order valence-electron chi connectivity index (χ4n) is 0.966. The predicted octanol–water partition coefficient (Wildman–Crippen LogP) is -0.741. The highest BCUT2D eigenvalue weighted by molar-refractivity contribution is 5.33. The number of methoxy groups -OCH3 is 2. The Bertz CT molecular complexity index is 312. The molecule has 0 saturated carbocycles. The number of anilines is 1. The largest absolute Gasteiger partial charge is 0.481 e. The van der Waals surface area contributed by atoms with Crippen molar-refractivity contribution in [2.45, 2.75) is 6.10 Å². The molecule has 1 rings (SSSR count). The molecule has 0 aliphatic rings. The Hall–Kier alpha value is -1.60. The average molecular weight is 229 g/mol. The molecule has 0 fully saturated rings. The summed E-state index contributed by atoms with van der Waals surface area (Å²) >= 11 is 0. The first-order valence-corrected chi connectivity index (χ1v) is 4.69. The van der Waals surface area contributed by atoms with Crippen LogP contribution >= 0.6 is 0 Å². The first kappa shape index (κ1) is 12.5. The normalized spacial score (nSPS) is 12.0. The zero-order chi connectivity index (χ0) is 12.0. The van der Waals surface area contributed by atoms with Crippen LogP contribution < -0.4 is 14.8 Å². The van der Waals surface area contributed by atoms with E-state index in [1.165, 1.54) is 20.3 Å². The van der Waals surface area contributed by atoms with E-state index in [9.17, 15) is 0 Å². The van der Waals surface area contributed by atoms with Gasteiger partial charge in [0.15, 0.2) is 0 Å². The van der Waals surface area contributed by atoms with Gasteiger partial charge in [-0.2, -0.15) is 9.97 Å². The molecule has 0 aromatic carbocycles. The van der Waals surface area contributed by atoms with Crippen LogP contribution in [0.4, 0.5) is 5.95 Å². The maximum Gasteiger partial charge on any atom is 0.229 e. The van der Waals surface area contributed by atoms with Crippen LogP contribution in [0.3, 0.4) is 0 Å². The zero-order valence-corrected chi connectivity index (χ0v) is 9.17. The lowest BCUT2D eigenvalue weighted by molar-refractivity contribution is 0.105. The minimum atomic E-state index is -0.860.